The van der Waals surface area contributed by atoms with Crippen LogP contribution in [0.3, 0.4) is 0 Å². The highest BCUT2D eigenvalue weighted by molar-refractivity contribution is 5.96. The van der Waals surface area contributed by atoms with E-state index in [0.29, 0.717) is 13.0 Å². The van der Waals surface area contributed by atoms with Gasteiger partial charge in [0.2, 0.25) is 0 Å². The summed E-state index contributed by atoms with van der Waals surface area (Å²) in [5, 5.41) is 0. The fourth-order valence-electron chi connectivity index (χ4n) is 2.13. The fourth-order valence-corrected chi connectivity index (χ4v) is 2.13. The topological polar surface area (TPSA) is 52.3 Å². The van der Waals surface area contributed by atoms with Crippen LogP contribution in [-0.2, 0) is 0 Å². The van der Waals surface area contributed by atoms with E-state index in [1.807, 2.05) is 38.1 Å². The summed E-state index contributed by atoms with van der Waals surface area (Å²) in [6.45, 7) is 8.93. The smallest absolute Gasteiger partial charge is 0.163 e. The molecule has 0 aromatic heterocycles. The van der Waals surface area contributed by atoms with Gasteiger partial charge in [-0.3, -0.25) is 4.79 Å². The van der Waals surface area contributed by atoms with Gasteiger partial charge in [-0.25, -0.2) is 0 Å². The Morgan fingerprint density at radius 1 is 1.30 bits per heavy atom. The summed E-state index contributed by atoms with van der Waals surface area (Å²) >= 11 is 0. The van der Waals surface area contributed by atoms with Gasteiger partial charge in [-0.05, 0) is 50.8 Å². The van der Waals surface area contributed by atoms with Gasteiger partial charge in [-0.15, -0.1) is 0 Å². The molecule has 1 aromatic rings. The Kier molecular flexibility index (Phi) is 6.21. The predicted molar refractivity (Wildman–Crippen MR) is 83.2 cm³/mol. The average molecular weight is 277 g/mol. The Bertz CT molecular complexity index is 438. The number of ketones is 1. The van der Waals surface area contributed by atoms with Crippen molar-refractivity contribution < 1.29 is 9.53 Å². The normalized spacial score (nSPS) is 11.7. The maximum Gasteiger partial charge on any atom is 0.163 e. The van der Waals surface area contributed by atoms with Crippen LogP contribution >= 0.6 is 0 Å². The van der Waals surface area contributed by atoms with Crippen LogP contribution in [0, 0.1) is 5.41 Å². The molecule has 0 unspecified atom stereocenters. The predicted octanol–water partition coefficient (Wildman–Crippen LogP) is 3.81. The molecule has 1 rings (SSSR count). The Balaban J connectivity index is 2.63. The summed E-state index contributed by atoms with van der Waals surface area (Å²) in [4.78, 5) is 12.2. The lowest BCUT2D eigenvalue weighted by molar-refractivity contribution is 0.0961. The summed E-state index contributed by atoms with van der Waals surface area (Å²) in [6, 6.07) is 7.44. The molecular formula is C17H27NO2. The maximum atomic E-state index is 12.2. The van der Waals surface area contributed by atoms with Crippen molar-refractivity contribution in [2.24, 2.45) is 11.1 Å². The van der Waals surface area contributed by atoms with Gasteiger partial charge in [0.1, 0.15) is 5.75 Å². The summed E-state index contributed by atoms with van der Waals surface area (Å²) in [7, 11) is 0. The monoisotopic (exact) mass is 277 g/mol. The zero-order valence-electron chi connectivity index (χ0n) is 13.1. The molecule has 0 saturated heterocycles. The largest absolute Gasteiger partial charge is 0.491 e. The number of carbonyl (C=O) groups excluding carboxylic acids is 1. The van der Waals surface area contributed by atoms with Gasteiger partial charge in [0, 0.05) is 12.0 Å². The van der Waals surface area contributed by atoms with E-state index in [1.165, 1.54) is 0 Å². The zero-order valence-corrected chi connectivity index (χ0v) is 13.1. The molecule has 0 saturated carbocycles. The molecule has 0 amide bonds. The van der Waals surface area contributed by atoms with Crippen molar-refractivity contribution in [2.45, 2.75) is 53.1 Å². The van der Waals surface area contributed by atoms with E-state index in [9.17, 15) is 4.79 Å². The summed E-state index contributed by atoms with van der Waals surface area (Å²) in [5.41, 5.74) is 6.45. The quantitative estimate of drug-likeness (QED) is 0.735. The van der Waals surface area contributed by atoms with Gasteiger partial charge in [-0.1, -0.05) is 26.0 Å². The molecule has 3 nitrogen and oxygen atoms in total. The molecule has 0 heterocycles. The molecule has 1 aromatic carbocycles. The van der Waals surface area contributed by atoms with E-state index in [4.69, 9.17) is 10.5 Å². The van der Waals surface area contributed by atoms with Crippen LogP contribution in [0.25, 0.3) is 0 Å². The molecule has 0 atom stereocenters. The van der Waals surface area contributed by atoms with Gasteiger partial charge in [-0.2, -0.15) is 0 Å². The van der Waals surface area contributed by atoms with Crippen LogP contribution in [0.5, 0.6) is 5.75 Å². The van der Waals surface area contributed by atoms with Crippen LogP contribution in [-0.4, -0.2) is 18.4 Å². The molecule has 2 N–H and O–H groups in total. The van der Waals surface area contributed by atoms with Crippen LogP contribution in [0.2, 0.25) is 0 Å². The standard InChI is InChI=1S/C17H27NO2/c1-13(2)20-15-7-5-6-14(12-15)16(19)8-9-17(3,4)10-11-18/h5-7,12-13H,8-11,18H2,1-4H3. The number of Topliss-reactive ketones (excluding diaryl/α,β-unsaturated/α-hetero) is 1. The molecule has 3 heteroatoms. The first-order chi connectivity index (χ1) is 9.34. The van der Waals surface area contributed by atoms with Crippen molar-refractivity contribution >= 4 is 5.78 Å². The molecular weight excluding hydrogens is 250 g/mol. The van der Waals surface area contributed by atoms with Crippen LogP contribution in [0.1, 0.15) is 57.3 Å². The Labute approximate surface area is 122 Å². The number of carbonyl (C=O) groups is 1. The molecule has 112 valence electrons. The Morgan fingerprint density at radius 3 is 2.60 bits per heavy atom. The second kappa shape index (κ2) is 7.44. The van der Waals surface area contributed by atoms with E-state index < -0.39 is 0 Å². The van der Waals surface area contributed by atoms with E-state index in [-0.39, 0.29) is 17.3 Å². The van der Waals surface area contributed by atoms with Crippen molar-refractivity contribution in [1.82, 2.24) is 0 Å². The molecule has 0 aliphatic rings. The van der Waals surface area contributed by atoms with Crippen molar-refractivity contribution in [3.05, 3.63) is 29.8 Å². The highest BCUT2D eigenvalue weighted by atomic mass is 16.5. The second-order valence-corrected chi connectivity index (χ2v) is 6.32. The summed E-state index contributed by atoms with van der Waals surface area (Å²) in [5.74, 6) is 0.927. The molecule has 0 bridgehead atoms. The molecule has 0 aliphatic heterocycles. The minimum Gasteiger partial charge on any atom is -0.491 e. The van der Waals surface area contributed by atoms with Gasteiger partial charge < -0.3 is 10.5 Å². The van der Waals surface area contributed by atoms with E-state index >= 15 is 0 Å². The molecule has 20 heavy (non-hydrogen) atoms. The second-order valence-electron chi connectivity index (χ2n) is 6.32. The highest BCUT2D eigenvalue weighted by Crippen LogP contribution is 2.27. The van der Waals surface area contributed by atoms with Crippen molar-refractivity contribution in [3.8, 4) is 5.75 Å². The number of hydrogen-bond acceptors (Lipinski definition) is 3. The SMILES string of the molecule is CC(C)Oc1cccc(C(=O)CCC(C)(C)CCN)c1. The van der Waals surface area contributed by atoms with Gasteiger partial charge >= 0.3 is 0 Å². The van der Waals surface area contributed by atoms with E-state index in [0.717, 1.165) is 24.2 Å². The number of benzene rings is 1. The molecule has 0 fully saturated rings. The van der Waals surface area contributed by atoms with Crippen molar-refractivity contribution in [2.75, 3.05) is 6.54 Å². The third-order valence-corrected chi connectivity index (χ3v) is 3.38. The lowest BCUT2D eigenvalue weighted by Gasteiger charge is -2.23. The van der Waals surface area contributed by atoms with Gasteiger partial charge in [0.25, 0.3) is 0 Å². The van der Waals surface area contributed by atoms with Crippen molar-refractivity contribution in [3.63, 3.8) is 0 Å². The van der Waals surface area contributed by atoms with Gasteiger partial charge in [0.15, 0.2) is 5.78 Å². The first kappa shape index (κ1) is 16.7. The molecule has 0 radical (unpaired) electrons. The zero-order chi connectivity index (χ0) is 15.2. The number of ether oxygens (including phenoxy) is 1. The van der Waals surface area contributed by atoms with Crippen LogP contribution in [0.4, 0.5) is 0 Å². The van der Waals surface area contributed by atoms with Crippen LogP contribution < -0.4 is 10.5 Å². The number of nitrogens with two attached hydrogens (primary N) is 1. The fraction of sp³-hybridized carbons (Fsp3) is 0.588. The minimum atomic E-state index is 0.115. The third kappa shape index (κ3) is 5.74. The summed E-state index contributed by atoms with van der Waals surface area (Å²) in [6.07, 6.45) is 2.47. The minimum absolute atomic E-state index is 0.115. The third-order valence-electron chi connectivity index (χ3n) is 3.38. The average Bonchev–Trinajstić information content (AvgIpc) is 2.35. The van der Waals surface area contributed by atoms with Gasteiger partial charge in [0.05, 0.1) is 6.10 Å². The first-order valence-electron chi connectivity index (χ1n) is 7.34. The van der Waals surface area contributed by atoms with Crippen LogP contribution in [0.15, 0.2) is 24.3 Å². The maximum absolute atomic E-state index is 12.2. The number of hydrogen-bond donors (Lipinski definition) is 1. The van der Waals surface area contributed by atoms with E-state index in [2.05, 4.69) is 13.8 Å². The van der Waals surface area contributed by atoms with Crippen molar-refractivity contribution in [1.29, 1.82) is 0 Å². The lowest BCUT2D eigenvalue weighted by Crippen LogP contribution is -2.18. The Hall–Kier alpha value is -1.35. The molecule has 0 spiro atoms. The summed E-state index contributed by atoms with van der Waals surface area (Å²) < 4.78 is 5.62. The number of rotatable bonds is 8. The molecule has 0 aliphatic carbocycles. The highest BCUT2D eigenvalue weighted by Gasteiger charge is 2.19. The van der Waals surface area contributed by atoms with E-state index in [1.54, 1.807) is 0 Å². The first-order valence-corrected chi connectivity index (χ1v) is 7.34. The lowest BCUT2D eigenvalue weighted by atomic mass is 9.83. The Morgan fingerprint density at radius 2 is 2.00 bits per heavy atom.